The van der Waals surface area contributed by atoms with Crippen LogP contribution >= 0.6 is 0 Å². The lowest BCUT2D eigenvalue weighted by atomic mass is 9.86. The third-order valence-corrected chi connectivity index (χ3v) is 4.18. The molecule has 3 nitrogen and oxygen atoms in total. The quantitative estimate of drug-likeness (QED) is 0.884. The SMILES string of the molecule is COc1ccc(CC(=O)N[C@H](C)c2ccc(C(C)(C)C)cc2)cc1. The number of benzene rings is 2. The van der Waals surface area contributed by atoms with Gasteiger partial charge in [0.2, 0.25) is 5.91 Å². The molecule has 0 radical (unpaired) electrons. The minimum atomic E-state index is -0.00948. The lowest BCUT2D eigenvalue weighted by Crippen LogP contribution is -2.28. The Morgan fingerprint density at radius 3 is 2.12 bits per heavy atom. The average molecular weight is 325 g/mol. The number of hydrogen-bond donors (Lipinski definition) is 1. The minimum absolute atomic E-state index is 0.00948. The van der Waals surface area contributed by atoms with Crippen LogP contribution < -0.4 is 10.1 Å². The molecule has 1 atom stereocenters. The van der Waals surface area contributed by atoms with Gasteiger partial charge in [-0.05, 0) is 41.2 Å². The van der Waals surface area contributed by atoms with Gasteiger partial charge >= 0.3 is 0 Å². The van der Waals surface area contributed by atoms with E-state index in [-0.39, 0.29) is 17.4 Å². The first kappa shape index (κ1) is 18.1. The summed E-state index contributed by atoms with van der Waals surface area (Å²) < 4.78 is 5.13. The van der Waals surface area contributed by atoms with Crippen LogP contribution in [0.3, 0.4) is 0 Å². The van der Waals surface area contributed by atoms with Crippen LogP contribution in [0.1, 0.15) is 50.4 Å². The summed E-state index contributed by atoms with van der Waals surface area (Å²) in [5, 5.41) is 3.06. The molecule has 0 heterocycles. The van der Waals surface area contributed by atoms with Crippen molar-refractivity contribution in [2.45, 2.75) is 45.6 Å². The third kappa shape index (κ3) is 4.85. The summed E-state index contributed by atoms with van der Waals surface area (Å²) in [6.45, 7) is 8.60. The largest absolute Gasteiger partial charge is 0.497 e. The highest BCUT2D eigenvalue weighted by atomic mass is 16.5. The van der Waals surface area contributed by atoms with E-state index in [1.807, 2.05) is 31.2 Å². The van der Waals surface area contributed by atoms with E-state index in [4.69, 9.17) is 4.74 Å². The number of ether oxygens (including phenoxy) is 1. The number of rotatable bonds is 5. The molecule has 1 amide bonds. The van der Waals surface area contributed by atoms with Crippen LogP contribution in [-0.2, 0) is 16.6 Å². The normalized spacial score (nSPS) is 12.5. The number of hydrogen-bond acceptors (Lipinski definition) is 2. The first-order chi connectivity index (χ1) is 11.3. The van der Waals surface area contributed by atoms with Crippen molar-refractivity contribution in [3.05, 3.63) is 65.2 Å². The average Bonchev–Trinajstić information content (AvgIpc) is 2.54. The monoisotopic (exact) mass is 325 g/mol. The summed E-state index contributed by atoms with van der Waals surface area (Å²) in [6.07, 6.45) is 0.369. The molecule has 0 unspecified atom stereocenters. The number of amides is 1. The molecule has 24 heavy (non-hydrogen) atoms. The Hall–Kier alpha value is -2.29. The van der Waals surface area contributed by atoms with Crippen LogP contribution in [0.2, 0.25) is 0 Å². The highest BCUT2D eigenvalue weighted by Gasteiger charge is 2.15. The van der Waals surface area contributed by atoms with E-state index < -0.39 is 0 Å². The second-order valence-corrected chi connectivity index (χ2v) is 7.19. The molecule has 2 aromatic rings. The van der Waals surface area contributed by atoms with Crippen molar-refractivity contribution < 1.29 is 9.53 Å². The predicted octanol–water partition coefficient (Wildman–Crippen LogP) is 4.41. The fraction of sp³-hybridized carbons (Fsp3) is 0.381. The summed E-state index contributed by atoms with van der Waals surface area (Å²) in [6, 6.07) is 16.0. The van der Waals surface area contributed by atoms with Crippen LogP contribution in [0.5, 0.6) is 5.75 Å². The van der Waals surface area contributed by atoms with Gasteiger partial charge in [-0.1, -0.05) is 57.2 Å². The Kier molecular flexibility index (Phi) is 5.66. The van der Waals surface area contributed by atoms with Gasteiger partial charge in [0, 0.05) is 0 Å². The predicted molar refractivity (Wildman–Crippen MR) is 98.4 cm³/mol. The van der Waals surface area contributed by atoms with Gasteiger partial charge in [-0.2, -0.15) is 0 Å². The zero-order valence-electron chi connectivity index (χ0n) is 15.2. The van der Waals surface area contributed by atoms with Gasteiger partial charge in [-0.25, -0.2) is 0 Å². The van der Waals surface area contributed by atoms with Crippen LogP contribution in [-0.4, -0.2) is 13.0 Å². The Balaban J connectivity index is 1.95. The summed E-state index contributed by atoms with van der Waals surface area (Å²) in [7, 11) is 1.63. The van der Waals surface area contributed by atoms with E-state index in [0.29, 0.717) is 6.42 Å². The van der Waals surface area contributed by atoms with E-state index in [2.05, 4.69) is 50.4 Å². The molecular weight excluding hydrogens is 298 g/mol. The maximum atomic E-state index is 12.2. The lowest BCUT2D eigenvalue weighted by Gasteiger charge is -2.20. The first-order valence-electron chi connectivity index (χ1n) is 8.32. The second kappa shape index (κ2) is 7.52. The maximum Gasteiger partial charge on any atom is 0.224 e. The highest BCUT2D eigenvalue weighted by molar-refractivity contribution is 5.79. The van der Waals surface area contributed by atoms with Gasteiger partial charge in [0.1, 0.15) is 5.75 Å². The maximum absolute atomic E-state index is 12.2. The van der Waals surface area contributed by atoms with Crippen LogP contribution in [0.4, 0.5) is 0 Å². The summed E-state index contributed by atoms with van der Waals surface area (Å²) in [5.41, 5.74) is 3.53. The van der Waals surface area contributed by atoms with Crippen molar-refractivity contribution >= 4 is 5.91 Å². The van der Waals surface area contributed by atoms with E-state index in [1.54, 1.807) is 7.11 Å². The topological polar surface area (TPSA) is 38.3 Å². The molecule has 0 aromatic heterocycles. The standard InChI is InChI=1S/C21H27NO2/c1-15(17-8-10-18(11-9-17)21(2,3)4)22-20(23)14-16-6-12-19(24-5)13-7-16/h6-13,15H,14H2,1-5H3,(H,22,23)/t15-/m1/s1. The van der Waals surface area contributed by atoms with E-state index in [1.165, 1.54) is 5.56 Å². The van der Waals surface area contributed by atoms with Crippen LogP contribution in [0, 0.1) is 0 Å². The van der Waals surface area contributed by atoms with Gasteiger partial charge in [0.05, 0.1) is 19.6 Å². The number of nitrogens with one attached hydrogen (secondary N) is 1. The highest BCUT2D eigenvalue weighted by Crippen LogP contribution is 2.24. The minimum Gasteiger partial charge on any atom is -0.497 e. The Morgan fingerprint density at radius 2 is 1.62 bits per heavy atom. The lowest BCUT2D eigenvalue weighted by molar-refractivity contribution is -0.121. The molecule has 1 N–H and O–H groups in total. The molecule has 2 aromatic carbocycles. The fourth-order valence-corrected chi connectivity index (χ4v) is 2.58. The summed E-state index contributed by atoms with van der Waals surface area (Å²) in [4.78, 5) is 12.2. The molecule has 0 saturated heterocycles. The molecule has 0 aliphatic carbocycles. The molecule has 0 spiro atoms. The number of methoxy groups -OCH3 is 1. The molecule has 0 saturated carbocycles. The number of carbonyl (C=O) groups excluding carboxylic acids is 1. The van der Waals surface area contributed by atoms with Crippen molar-refractivity contribution in [2.75, 3.05) is 7.11 Å². The zero-order chi connectivity index (χ0) is 17.7. The van der Waals surface area contributed by atoms with Crippen LogP contribution in [0.15, 0.2) is 48.5 Å². The van der Waals surface area contributed by atoms with E-state index in [9.17, 15) is 4.79 Å². The van der Waals surface area contributed by atoms with Crippen molar-refractivity contribution in [3.8, 4) is 5.75 Å². The molecular formula is C21H27NO2. The summed E-state index contributed by atoms with van der Waals surface area (Å²) in [5.74, 6) is 0.819. The second-order valence-electron chi connectivity index (χ2n) is 7.19. The Labute approximate surface area is 145 Å². The molecule has 0 bridgehead atoms. The number of carbonyl (C=O) groups is 1. The summed E-state index contributed by atoms with van der Waals surface area (Å²) >= 11 is 0. The van der Waals surface area contributed by atoms with Gasteiger partial charge in [-0.3, -0.25) is 4.79 Å². The zero-order valence-corrected chi connectivity index (χ0v) is 15.2. The van der Waals surface area contributed by atoms with Crippen molar-refractivity contribution in [3.63, 3.8) is 0 Å². The molecule has 3 heteroatoms. The Bertz CT molecular complexity index is 666. The van der Waals surface area contributed by atoms with Crippen molar-refractivity contribution in [1.82, 2.24) is 5.32 Å². The molecule has 2 rings (SSSR count). The van der Waals surface area contributed by atoms with E-state index >= 15 is 0 Å². The Morgan fingerprint density at radius 1 is 1.04 bits per heavy atom. The van der Waals surface area contributed by atoms with Gasteiger partial charge in [-0.15, -0.1) is 0 Å². The first-order valence-corrected chi connectivity index (χ1v) is 8.32. The molecule has 0 aliphatic heterocycles. The van der Waals surface area contributed by atoms with Crippen molar-refractivity contribution in [1.29, 1.82) is 0 Å². The van der Waals surface area contributed by atoms with Crippen molar-refractivity contribution in [2.24, 2.45) is 0 Å². The van der Waals surface area contributed by atoms with Gasteiger partial charge < -0.3 is 10.1 Å². The fourth-order valence-electron chi connectivity index (χ4n) is 2.58. The third-order valence-electron chi connectivity index (χ3n) is 4.18. The molecule has 128 valence electrons. The van der Waals surface area contributed by atoms with Gasteiger partial charge in [0.15, 0.2) is 0 Å². The molecule has 0 fully saturated rings. The molecule has 0 aliphatic rings. The van der Waals surface area contributed by atoms with Gasteiger partial charge in [0.25, 0.3) is 0 Å². The van der Waals surface area contributed by atoms with Crippen LogP contribution in [0.25, 0.3) is 0 Å². The van der Waals surface area contributed by atoms with E-state index in [0.717, 1.165) is 16.9 Å². The smallest absolute Gasteiger partial charge is 0.224 e.